The van der Waals surface area contributed by atoms with E-state index in [9.17, 15) is 4.39 Å². The molecular weight excluding hydrogens is 111 g/mol. The Bertz CT molecular complexity index is 179. The van der Waals surface area contributed by atoms with E-state index in [4.69, 9.17) is 5.41 Å². The third-order valence-corrected chi connectivity index (χ3v) is 0.620. The first-order valence-corrected chi connectivity index (χ1v) is 1.90. The van der Waals surface area contributed by atoms with Crippen molar-refractivity contribution in [3.05, 3.63) is 12.7 Å². The monoisotopic (exact) mass is 114 g/mol. The maximum Gasteiger partial charge on any atom is 0.303 e. The van der Waals surface area contributed by atoms with E-state index in [0.29, 0.717) is 0 Å². The van der Waals surface area contributed by atoms with Crippen LogP contribution in [0.4, 0.5) is 4.39 Å². The molecule has 0 unspecified atom stereocenters. The van der Waals surface area contributed by atoms with Gasteiger partial charge in [-0.15, -0.1) is 0 Å². The van der Waals surface area contributed by atoms with Crippen molar-refractivity contribution < 1.29 is 4.39 Å². The van der Waals surface area contributed by atoms with Gasteiger partial charge in [-0.1, -0.05) is 0 Å². The summed E-state index contributed by atoms with van der Waals surface area (Å²) in [5.41, 5.74) is 0. The van der Waals surface area contributed by atoms with Crippen molar-refractivity contribution in [1.82, 2.24) is 14.8 Å². The van der Waals surface area contributed by atoms with E-state index in [2.05, 4.69) is 10.1 Å². The van der Waals surface area contributed by atoms with Crippen molar-refractivity contribution in [3.63, 3.8) is 0 Å². The molecule has 0 aromatic carbocycles. The predicted molar refractivity (Wildman–Crippen MR) is 24.3 cm³/mol. The lowest BCUT2D eigenvalue weighted by Gasteiger charge is -1.84. The molecule has 1 aromatic rings. The Morgan fingerprint density at radius 3 is 2.75 bits per heavy atom. The van der Waals surface area contributed by atoms with E-state index < -0.39 is 6.09 Å². The van der Waals surface area contributed by atoms with Crippen molar-refractivity contribution in [3.8, 4) is 0 Å². The van der Waals surface area contributed by atoms with Crippen LogP contribution >= 0.6 is 0 Å². The third-order valence-electron chi connectivity index (χ3n) is 0.620. The van der Waals surface area contributed by atoms with E-state index in [1.807, 2.05) is 0 Å². The number of hydrogen-bond acceptors (Lipinski definition) is 3. The molecule has 0 amide bonds. The fourth-order valence-electron chi connectivity index (χ4n) is 0.310. The van der Waals surface area contributed by atoms with Crippen molar-refractivity contribution in [1.29, 1.82) is 5.41 Å². The highest BCUT2D eigenvalue weighted by atomic mass is 19.1. The largest absolute Gasteiger partial charge is 0.303 e. The van der Waals surface area contributed by atoms with Gasteiger partial charge in [0.15, 0.2) is 0 Å². The third kappa shape index (κ3) is 0.699. The summed E-state index contributed by atoms with van der Waals surface area (Å²) in [6.07, 6.45) is 1.15. The lowest BCUT2D eigenvalue weighted by molar-refractivity contribution is 0.698. The smallest absolute Gasteiger partial charge is 0.257 e. The van der Waals surface area contributed by atoms with Crippen molar-refractivity contribution in [2.45, 2.75) is 0 Å². The zero-order valence-electron chi connectivity index (χ0n) is 3.87. The molecule has 42 valence electrons. The highest BCUT2D eigenvalue weighted by Gasteiger charge is 1.92. The average Bonchev–Trinajstić information content (AvgIpc) is 2.12. The van der Waals surface area contributed by atoms with Gasteiger partial charge in [-0.25, -0.2) is 4.98 Å². The maximum atomic E-state index is 11.7. The number of aromatic nitrogens is 3. The van der Waals surface area contributed by atoms with Gasteiger partial charge in [-0.2, -0.15) is 14.2 Å². The summed E-state index contributed by atoms with van der Waals surface area (Å²) in [7, 11) is 0. The topological polar surface area (TPSA) is 54.6 Å². The molecule has 0 aliphatic rings. The van der Waals surface area contributed by atoms with Crippen LogP contribution in [0.2, 0.25) is 0 Å². The van der Waals surface area contributed by atoms with Crippen LogP contribution in [0.15, 0.2) is 12.7 Å². The SMILES string of the molecule is N=C(F)n1cncn1. The second kappa shape index (κ2) is 1.69. The lowest BCUT2D eigenvalue weighted by atomic mass is 11.1. The van der Waals surface area contributed by atoms with Crippen molar-refractivity contribution >= 4 is 6.09 Å². The highest BCUT2D eigenvalue weighted by Crippen LogP contribution is 1.78. The summed E-state index contributed by atoms with van der Waals surface area (Å²) >= 11 is 0. The van der Waals surface area contributed by atoms with Gasteiger partial charge in [0.2, 0.25) is 0 Å². The molecule has 0 spiro atoms. The summed E-state index contributed by atoms with van der Waals surface area (Å²) in [4.78, 5) is 3.41. The molecule has 1 N–H and O–H groups in total. The van der Waals surface area contributed by atoms with Crippen LogP contribution in [0.25, 0.3) is 0 Å². The second-order valence-electron chi connectivity index (χ2n) is 1.13. The van der Waals surface area contributed by atoms with Crippen LogP contribution in [0.3, 0.4) is 0 Å². The molecule has 0 aliphatic carbocycles. The summed E-state index contributed by atoms with van der Waals surface area (Å²) < 4.78 is 12.4. The lowest BCUT2D eigenvalue weighted by Crippen LogP contribution is -2.03. The molecule has 1 aromatic heterocycles. The van der Waals surface area contributed by atoms with Gasteiger partial charge in [0.25, 0.3) is 0 Å². The predicted octanol–water partition coefficient (Wildman–Crippen LogP) is 0.0305. The first-order valence-electron chi connectivity index (χ1n) is 1.90. The Morgan fingerprint density at radius 2 is 2.50 bits per heavy atom. The van der Waals surface area contributed by atoms with Crippen molar-refractivity contribution in [2.75, 3.05) is 0 Å². The average molecular weight is 114 g/mol. The van der Waals surface area contributed by atoms with Gasteiger partial charge in [0.05, 0.1) is 0 Å². The molecule has 0 bridgehead atoms. The van der Waals surface area contributed by atoms with E-state index in [1.165, 1.54) is 0 Å². The molecule has 0 saturated carbocycles. The molecule has 0 atom stereocenters. The van der Waals surface area contributed by atoms with Crippen LogP contribution in [-0.4, -0.2) is 20.9 Å². The van der Waals surface area contributed by atoms with E-state index >= 15 is 0 Å². The van der Waals surface area contributed by atoms with Crippen LogP contribution < -0.4 is 0 Å². The van der Waals surface area contributed by atoms with Crippen molar-refractivity contribution in [2.24, 2.45) is 0 Å². The van der Waals surface area contributed by atoms with Crippen LogP contribution in [-0.2, 0) is 0 Å². The summed E-state index contributed by atoms with van der Waals surface area (Å²) in [6, 6.07) is 0. The molecule has 0 fully saturated rings. The van der Waals surface area contributed by atoms with Gasteiger partial charge in [0, 0.05) is 0 Å². The number of rotatable bonds is 0. The Labute approximate surface area is 44.5 Å². The normalized spacial score (nSPS) is 9.12. The minimum atomic E-state index is -1.12. The number of nitrogens with zero attached hydrogens (tertiary/aromatic N) is 3. The molecule has 4 nitrogen and oxygen atoms in total. The molecule has 1 heterocycles. The maximum absolute atomic E-state index is 11.7. The molecule has 1 rings (SSSR count). The zero-order chi connectivity index (χ0) is 5.98. The second-order valence-corrected chi connectivity index (χ2v) is 1.13. The van der Waals surface area contributed by atoms with Gasteiger partial charge < -0.3 is 0 Å². The van der Waals surface area contributed by atoms with E-state index in [-0.39, 0.29) is 0 Å². The fraction of sp³-hybridized carbons (Fsp3) is 0. The molecular formula is C3H3FN4. The standard InChI is InChI=1S/C3H3FN4/c4-3(5)8-2-6-1-7-8/h1-2,5H. The molecule has 8 heavy (non-hydrogen) atoms. The number of nitrogens with one attached hydrogen (secondary N) is 1. The molecule has 0 aliphatic heterocycles. The van der Waals surface area contributed by atoms with Gasteiger partial charge in [0.1, 0.15) is 12.7 Å². The number of hydrogen-bond donors (Lipinski definition) is 1. The summed E-state index contributed by atoms with van der Waals surface area (Å²) in [6.45, 7) is 0. The quantitative estimate of drug-likeness (QED) is 0.382. The fourth-order valence-corrected chi connectivity index (χ4v) is 0.310. The number of halogens is 1. The molecule has 5 heteroatoms. The van der Waals surface area contributed by atoms with E-state index in [1.54, 1.807) is 0 Å². The molecule has 0 saturated heterocycles. The zero-order valence-corrected chi connectivity index (χ0v) is 3.87. The Kier molecular flexibility index (Phi) is 1.03. The minimum Gasteiger partial charge on any atom is -0.257 e. The van der Waals surface area contributed by atoms with Gasteiger partial charge in [-0.3, -0.25) is 5.41 Å². The summed E-state index contributed by atoms with van der Waals surface area (Å²) in [5.74, 6) is 0. The van der Waals surface area contributed by atoms with Crippen LogP contribution in [0.1, 0.15) is 0 Å². The Morgan fingerprint density at radius 1 is 1.75 bits per heavy atom. The first kappa shape index (κ1) is 4.89. The Hall–Kier alpha value is -1.26. The molecule has 0 radical (unpaired) electrons. The van der Waals surface area contributed by atoms with Crippen LogP contribution in [0.5, 0.6) is 0 Å². The highest BCUT2D eigenvalue weighted by molar-refractivity contribution is 5.69. The first-order chi connectivity index (χ1) is 3.80. The minimum absolute atomic E-state index is 0.722. The van der Waals surface area contributed by atoms with E-state index in [0.717, 1.165) is 17.3 Å². The van der Waals surface area contributed by atoms with Gasteiger partial charge in [-0.05, 0) is 0 Å². The summed E-state index contributed by atoms with van der Waals surface area (Å²) in [5, 5.41) is 9.67. The Balaban J connectivity index is 2.93. The van der Waals surface area contributed by atoms with Gasteiger partial charge >= 0.3 is 6.09 Å². The van der Waals surface area contributed by atoms with Crippen LogP contribution in [0, 0.1) is 5.41 Å².